The van der Waals surface area contributed by atoms with Crippen LogP contribution in [-0.2, 0) is 19.4 Å². The first-order chi connectivity index (χ1) is 13.3. The molecule has 2 N–H and O–H groups in total. The molecular weight excluding hydrogens is 340 g/mol. The molecule has 5 rings (SSSR count). The summed E-state index contributed by atoms with van der Waals surface area (Å²) >= 11 is 0. The van der Waals surface area contributed by atoms with Gasteiger partial charge in [0.05, 0.1) is 0 Å². The summed E-state index contributed by atoms with van der Waals surface area (Å²) in [5, 5.41) is 4.20. The summed E-state index contributed by atoms with van der Waals surface area (Å²) in [5.74, 6) is 1.41. The maximum atomic E-state index is 12.7. The molecule has 0 saturated heterocycles. The standard InChI is InChI=1S/C22H22N2O3/c25-22(23-13-15-4-3-7-20-21(15)27-11-10-26-20)14-8-9-19-17(12-14)16-5-1-2-6-18(16)24-19/h3-4,7-9,12,24H,1-2,5-6,10-11,13H2,(H,23,25). The number of hydrogen-bond acceptors (Lipinski definition) is 3. The number of fused-ring (bicyclic) bond motifs is 4. The van der Waals surface area contributed by atoms with Gasteiger partial charge >= 0.3 is 0 Å². The number of H-pyrrole nitrogens is 1. The van der Waals surface area contributed by atoms with E-state index >= 15 is 0 Å². The zero-order valence-corrected chi connectivity index (χ0v) is 15.1. The van der Waals surface area contributed by atoms with Crippen LogP contribution in [0, 0.1) is 0 Å². The molecule has 2 aliphatic rings. The highest BCUT2D eigenvalue weighted by molar-refractivity contribution is 5.99. The lowest BCUT2D eigenvalue weighted by molar-refractivity contribution is 0.0950. The number of hydrogen-bond donors (Lipinski definition) is 2. The van der Waals surface area contributed by atoms with Gasteiger partial charge in [0.1, 0.15) is 13.2 Å². The SMILES string of the molecule is O=C(NCc1cccc2c1OCCO2)c1ccc2[nH]c3c(c2c1)CCCC3. The van der Waals surface area contributed by atoms with Crippen molar-refractivity contribution < 1.29 is 14.3 Å². The highest BCUT2D eigenvalue weighted by atomic mass is 16.6. The van der Waals surface area contributed by atoms with Crippen LogP contribution < -0.4 is 14.8 Å². The van der Waals surface area contributed by atoms with Gasteiger partial charge in [0.25, 0.3) is 5.91 Å². The Morgan fingerprint density at radius 2 is 1.96 bits per heavy atom. The minimum Gasteiger partial charge on any atom is -0.486 e. The van der Waals surface area contributed by atoms with Gasteiger partial charge in [-0.3, -0.25) is 4.79 Å². The van der Waals surface area contributed by atoms with E-state index in [4.69, 9.17) is 9.47 Å². The van der Waals surface area contributed by atoms with Crippen LogP contribution in [0.15, 0.2) is 36.4 Å². The third-order valence-corrected chi connectivity index (χ3v) is 5.45. The first kappa shape index (κ1) is 16.2. The number of amides is 1. The number of rotatable bonds is 3. The van der Waals surface area contributed by atoms with Crippen LogP contribution >= 0.6 is 0 Å². The normalized spacial score (nSPS) is 15.4. The molecule has 2 heterocycles. The molecule has 0 saturated carbocycles. The third-order valence-electron chi connectivity index (χ3n) is 5.45. The Morgan fingerprint density at radius 1 is 1.07 bits per heavy atom. The molecule has 1 aromatic heterocycles. The number of aryl methyl sites for hydroxylation is 2. The number of ether oxygens (including phenoxy) is 2. The Bertz CT molecular complexity index is 1020. The van der Waals surface area contributed by atoms with Crippen molar-refractivity contribution in [3.05, 3.63) is 58.8 Å². The van der Waals surface area contributed by atoms with Gasteiger partial charge in [-0.15, -0.1) is 0 Å². The highest BCUT2D eigenvalue weighted by Gasteiger charge is 2.18. The van der Waals surface area contributed by atoms with Crippen LogP contribution in [0.2, 0.25) is 0 Å². The Labute approximate surface area is 157 Å². The fourth-order valence-electron chi connectivity index (χ4n) is 4.10. The lowest BCUT2D eigenvalue weighted by Crippen LogP contribution is -2.24. The smallest absolute Gasteiger partial charge is 0.251 e. The van der Waals surface area contributed by atoms with Crippen molar-refractivity contribution in [3.8, 4) is 11.5 Å². The van der Waals surface area contributed by atoms with E-state index in [0.717, 1.165) is 35.4 Å². The molecule has 0 radical (unpaired) electrons. The van der Waals surface area contributed by atoms with Gasteiger partial charge in [-0.2, -0.15) is 0 Å². The number of nitrogens with one attached hydrogen (secondary N) is 2. The van der Waals surface area contributed by atoms with E-state index in [-0.39, 0.29) is 5.91 Å². The topological polar surface area (TPSA) is 63.4 Å². The minimum absolute atomic E-state index is 0.0722. The molecule has 1 amide bonds. The lowest BCUT2D eigenvalue weighted by atomic mass is 9.95. The number of aromatic nitrogens is 1. The van der Waals surface area contributed by atoms with Gasteiger partial charge in [-0.25, -0.2) is 0 Å². The van der Waals surface area contributed by atoms with E-state index in [0.29, 0.717) is 25.3 Å². The zero-order valence-electron chi connectivity index (χ0n) is 15.1. The summed E-state index contributed by atoms with van der Waals surface area (Å²) in [6.07, 6.45) is 4.65. The van der Waals surface area contributed by atoms with E-state index in [1.54, 1.807) is 0 Å². The third kappa shape index (κ3) is 2.93. The second-order valence-corrected chi connectivity index (χ2v) is 7.17. The monoisotopic (exact) mass is 362 g/mol. The Hall–Kier alpha value is -2.95. The number of para-hydroxylation sites is 1. The molecule has 1 aliphatic carbocycles. The van der Waals surface area contributed by atoms with Crippen molar-refractivity contribution in [2.45, 2.75) is 32.2 Å². The zero-order chi connectivity index (χ0) is 18.2. The van der Waals surface area contributed by atoms with E-state index in [1.807, 2.05) is 36.4 Å². The van der Waals surface area contributed by atoms with Crippen LogP contribution in [0.5, 0.6) is 11.5 Å². The molecule has 1 aliphatic heterocycles. The molecule has 2 aromatic carbocycles. The summed E-state index contributed by atoms with van der Waals surface area (Å²) in [7, 11) is 0. The highest BCUT2D eigenvalue weighted by Crippen LogP contribution is 2.33. The summed E-state index contributed by atoms with van der Waals surface area (Å²) in [6, 6.07) is 11.7. The fraction of sp³-hybridized carbons (Fsp3) is 0.318. The van der Waals surface area contributed by atoms with Crippen LogP contribution in [0.1, 0.15) is 40.0 Å². The maximum absolute atomic E-state index is 12.7. The van der Waals surface area contributed by atoms with Crippen molar-refractivity contribution >= 4 is 16.8 Å². The van der Waals surface area contributed by atoms with Crippen molar-refractivity contribution in [2.75, 3.05) is 13.2 Å². The fourth-order valence-corrected chi connectivity index (χ4v) is 4.10. The minimum atomic E-state index is -0.0722. The van der Waals surface area contributed by atoms with Crippen LogP contribution in [0.4, 0.5) is 0 Å². The van der Waals surface area contributed by atoms with E-state index in [1.165, 1.54) is 29.5 Å². The van der Waals surface area contributed by atoms with E-state index in [9.17, 15) is 4.79 Å². The largest absolute Gasteiger partial charge is 0.486 e. The molecule has 138 valence electrons. The van der Waals surface area contributed by atoms with Gasteiger partial charge in [0, 0.05) is 34.3 Å². The van der Waals surface area contributed by atoms with E-state index in [2.05, 4.69) is 10.3 Å². The average molecular weight is 362 g/mol. The van der Waals surface area contributed by atoms with Gasteiger partial charge in [0.15, 0.2) is 11.5 Å². The molecule has 0 unspecified atom stereocenters. The van der Waals surface area contributed by atoms with Crippen molar-refractivity contribution in [2.24, 2.45) is 0 Å². The summed E-state index contributed by atoms with van der Waals surface area (Å²) in [4.78, 5) is 16.2. The van der Waals surface area contributed by atoms with Gasteiger partial charge in [-0.05, 0) is 55.5 Å². The van der Waals surface area contributed by atoms with Crippen LogP contribution in [-0.4, -0.2) is 24.1 Å². The Balaban J connectivity index is 1.37. The molecule has 0 spiro atoms. The number of carbonyl (C=O) groups is 1. The quantitative estimate of drug-likeness (QED) is 0.746. The van der Waals surface area contributed by atoms with Crippen molar-refractivity contribution in [1.29, 1.82) is 0 Å². The number of benzene rings is 2. The molecule has 5 nitrogen and oxygen atoms in total. The number of carbonyl (C=O) groups excluding carboxylic acids is 1. The first-order valence-corrected chi connectivity index (χ1v) is 9.59. The van der Waals surface area contributed by atoms with Gasteiger partial charge in [0.2, 0.25) is 0 Å². The Kier molecular flexibility index (Phi) is 4.00. The Morgan fingerprint density at radius 3 is 2.93 bits per heavy atom. The molecule has 5 heteroatoms. The molecule has 0 fully saturated rings. The van der Waals surface area contributed by atoms with E-state index < -0.39 is 0 Å². The molecular formula is C22H22N2O3. The summed E-state index contributed by atoms with van der Waals surface area (Å²) in [5.41, 5.74) is 5.47. The summed E-state index contributed by atoms with van der Waals surface area (Å²) in [6.45, 7) is 1.51. The average Bonchev–Trinajstić information content (AvgIpc) is 3.10. The second-order valence-electron chi connectivity index (χ2n) is 7.17. The predicted octanol–water partition coefficient (Wildman–Crippen LogP) is 3.75. The molecule has 0 bridgehead atoms. The molecule has 3 aromatic rings. The van der Waals surface area contributed by atoms with Gasteiger partial charge in [-0.1, -0.05) is 12.1 Å². The predicted molar refractivity (Wildman–Crippen MR) is 104 cm³/mol. The van der Waals surface area contributed by atoms with Gasteiger partial charge < -0.3 is 19.8 Å². The summed E-state index contributed by atoms with van der Waals surface area (Å²) < 4.78 is 11.3. The lowest BCUT2D eigenvalue weighted by Gasteiger charge is -2.21. The van der Waals surface area contributed by atoms with Crippen LogP contribution in [0.25, 0.3) is 10.9 Å². The first-order valence-electron chi connectivity index (χ1n) is 9.59. The molecule has 0 atom stereocenters. The number of aromatic amines is 1. The maximum Gasteiger partial charge on any atom is 0.251 e. The second kappa shape index (κ2) is 6.65. The van der Waals surface area contributed by atoms with Crippen molar-refractivity contribution in [1.82, 2.24) is 10.3 Å². The van der Waals surface area contributed by atoms with Crippen LogP contribution in [0.3, 0.4) is 0 Å². The van der Waals surface area contributed by atoms with Crippen molar-refractivity contribution in [3.63, 3.8) is 0 Å². The molecule has 27 heavy (non-hydrogen) atoms.